The summed E-state index contributed by atoms with van der Waals surface area (Å²) in [6.45, 7) is 0. The minimum absolute atomic E-state index is 0. The first-order chi connectivity index (χ1) is 19.9. The molecule has 0 aliphatic heterocycles. The Morgan fingerprint density at radius 3 is 2.31 bits per heavy atom. The van der Waals surface area contributed by atoms with E-state index in [1.807, 2.05) is 0 Å². The zero-order valence-corrected chi connectivity index (χ0v) is 26.0. The predicted molar refractivity (Wildman–Crippen MR) is 135 cm³/mol. The summed E-state index contributed by atoms with van der Waals surface area (Å²) in [5.74, 6) is -2.35. The van der Waals surface area contributed by atoms with Crippen LogP contribution in [0.2, 0.25) is 5.02 Å². The molecule has 0 radical (unpaired) electrons. The van der Waals surface area contributed by atoms with Crippen LogP contribution in [0.3, 0.4) is 0 Å². The monoisotopic (exact) mass is 684 g/mol. The molecule has 1 heterocycles. The molecule has 0 fully saturated rings. The molecule has 0 amide bonds. The van der Waals surface area contributed by atoms with Crippen molar-refractivity contribution < 1.29 is 113 Å². The van der Waals surface area contributed by atoms with E-state index in [0.29, 0.717) is 24.1 Å². The maximum atomic E-state index is 13.7. The van der Waals surface area contributed by atoms with Gasteiger partial charge in [-0.25, -0.2) is 8.42 Å². The fraction of sp³-hybridized carbons (Fsp3) is 0. The van der Waals surface area contributed by atoms with Crippen LogP contribution in [0.25, 0.3) is 10.8 Å². The van der Waals surface area contributed by atoms with E-state index in [0.717, 1.165) is 12.1 Å². The molecule has 4 N–H and O–H groups in total. The molecule has 0 aliphatic carbocycles. The number of halogens is 3. The summed E-state index contributed by atoms with van der Waals surface area (Å²) in [6, 6.07) is 7.00. The fourth-order valence-corrected chi connectivity index (χ4v) is 5.01. The van der Waals surface area contributed by atoms with E-state index in [1.54, 1.807) is 0 Å². The largest absolute Gasteiger partial charge is 1.00 e. The van der Waals surface area contributed by atoms with Gasteiger partial charge in [-0.3, -0.25) is 10.1 Å². The fourth-order valence-electron chi connectivity index (χ4n) is 3.39. The number of phenols is 1. The van der Waals surface area contributed by atoms with Crippen LogP contribution in [-0.4, -0.2) is 28.0 Å². The molecular formula is C20H10ClF2Li3N6O10S3. The number of benzene rings is 3. The molecule has 0 bridgehead atoms. The van der Waals surface area contributed by atoms with Gasteiger partial charge in [0.15, 0.2) is 5.82 Å². The molecule has 0 aliphatic rings. The molecule has 4 rings (SSSR count). The van der Waals surface area contributed by atoms with E-state index in [4.69, 9.17) is 17.3 Å². The summed E-state index contributed by atoms with van der Waals surface area (Å²) >= 11 is 6.51. The minimum atomic E-state index is -5.19. The standard InChI is InChI=1S/C20H13ClF2N6O10S3.3Li/c21-15-18(22)26-20(23)27-19(15)25-8-1-2-12(41-39-37-32)10(5-8)28-29-17-14-7(4-13(16(17)24)42(33,34)35)3-9(6-11(14)30)40-38-36-31;;;/h1-6,30-32H,24H2,(H,25,26,27)(H,33,34,35);;;/q;3*+1/p-3. The molecule has 0 saturated heterocycles. The number of aromatic hydroxyl groups is 1. The van der Waals surface area contributed by atoms with E-state index in [2.05, 4.69) is 44.3 Å². The topological polar surface area (TPSA) is 249 Å². The third kappa shape index (κ3) is 10.1. The number of aromatic nitrogens is 2. The van der Waals surface area contributed by atoms with Crippen LogP contribution in [0.15, 0.2) is 61.3 Å². The Bertz CT molecular complexity index is 1820. The first-order valence-electron chi connectivity index (χ1n) is 10.5. The second-order valence-corrected chi connectivity index (χ2v) is 10.8. The van der Waals surface area contributed by atoms with Gasteiger partial charge in [0, 0.05) is 10.6 Å². The second-order valence-electron chi connectivity index (χ2n) is 7.52. The number of azo groups is 1. The summed E-state index contributed by atoms with van der Waals surface area (Å²) < 4.78 is 71.5. The molecule has 0 atom stereocenters. The third-order valence-corrected chi connectivity index (χ3v) is 7.42. The van der Waals surface area contributed by atoms with Gasteiger partial charge in [-0.15, -0.1) is 10.2 Å². The number of anilines is 3. The molecule has 45 heavy (non-hydrogen) atoms. The molecule has 0 unspecified atom stereocenters. The van der Waals surface area contributed by atoms with Gasteiger partial charge in [0.1, 0.15) is 32.3 Å². The van der Waals surface area contributed by atoms with Gasteiger partial charge in [-0.1, -0.05) is 11.6 Å². The average molecular weight is 685 g/mol. The quantitative estimate of drug-likeness (QED) is 0.0153. The van der Waals surface area contributed by atoms with E-state index in [1.165, 1.54) is 24.3 Å². The van der Waals surface area contributed by atoms with Crippen LogP contribution >= 0.6 is 35.7 Å². The molecule has 1 aromatic heterocycles. The molecule has 222 valence electrons. The van der Waals surface area contributed by atoms with Crippen LogP contribution in [-0.2, 0) is 28.9 Å². The van der Waals surface area contributed by atoms with Gasteiger partial charge < -0.3 is 31.2 Å². The van der Waals surface area contributed by atoms with Gasteiger partial charge in [-0.05, 0) is 41.8 Å². The Labute approximate surface area is 300 Å². The molecule has 0 spiro atoms. The number of hydrogen-bond donors (Lipinski definition) is 3. The Hall–Kier alpha value is -1.69. The molecular weight excluding hydrogens is 675 g/mol. The summed E-state index contributed by atoms with van der Waals surface area (Å²) in [7, 11) is -5.19. The molecule has 4 aromatic rings. The zero-order valence-electron chi connectivity index (χ0n) is 22.8. The van der Waals surface area contributed by atoms with E-state index in [9.17, 15) is 37.4 Å². The van der Waals surface area contributed by atoms with Crippen molar-refractivity contribution in [3.63, 3.8) is 0 Å². The zero-order chi connectivity index (χ0) is 30.6. The minimum Gasteiger partial charge on any atom is -0.744 e. The third-order valence-electron chi connectivity index (χ3n) is 5.01. The maximum absolute atomic E-state index is 13.7. The van der Waals surface area contributed by atoms with Crippen LogP contribution < -0.4 is 78.1 Å². The smallest absolute Gasteiger partial charge is 0.744 e. The Kier molecular flexibility index (Phi) is 16.5. The maximum Gasteiger partial charge on any atom is 1.00 e. The van der Waals surface area contributed by atoms with E-state index >= 15 is 0 Å². The molecule has 16 nitrogen and oxygen atoms in total. The number of phenolic OH excluding ortho intramolecular Hbond substituents is 1. The van der Waals surface area contributed by atoms with Gasteiger partial charge in [0.2, 0.25) is 5.95 Å². The van der Waals surface area contributed by atoms with E-state index < -0.39 is 55.0 Å². The normalized spacial score (nSPS) is 11.2. The van der Waals surface area contributed by atoms with Crippen molar-refractivity contribution in [2.45, 2.75) is 14.7 Å². The summed E-state index contributed by atoms with van der Waals surface area (Å²) in [5, 5.41) is 47.3. The molecule has 25 heteroatoms. The van der Waals surface area contributed by atoms with Gasteiger partial charge in [0.25, 0.3) is 0 Å². The SMILES string of the molecule is Nc1c(S(=O)(=O)[O-])cc2cc(SOO[O-])cc(O)c2c1N=Nc1cc(Nc2nc(F)nc(F)c2Cl)ccc1SOO[O-].[Li+].[Li+].[Li+]. The van der Waals surface area contributed by atoms with Crippen molar-refractivity contribution in [3.05, 3.63) is 53.4 Å². The average Bonchev–Trinajstić information content (AvgIpc) is 2.92. The molecule has 0 saturated carbocycles. The second kappa shape index (κ2) is 18.0. The van der Waals surface area contributed by atoms with Gasteiger partial charge >= 0.3 is 62.7 Å². The number of nitrogen functional groups attached to an aromatic ring is 1. The van der Waals surface area contributed by atoms with Crippen molar-refractivity contribution in [2.24, 2.45) is 10.2 Å². The Morgan fingerprint density at radius 1 is 1.00 bits per heavy atom. The van der Waals surface area contributed by atoms with Gasteiger partial charge in [0.05, 0.1) is 45.0 Å². The predicted octanol–water partition coefficient (Wildman–Crippen LogP) is -5.61. The van der Waals surface area contributed by atoms with Crippen molar-refractivity contribution in [1.82, 2.24) is 9.97 Å². The van der Waals surface area contributed by atoms with Crippen molar-refractivity contribution in [3.8, 4) is 5.75 Å². The van der Waals surface area contributed by atoms with Crippen LogP contribution in [0.1, 0.15) is 0 Å². The number of nitrogens with zero attached hydrogens (tertiary/aromatic N) is 4. The van der Waals surface area contributed by atoms with Gasteiger partial charge in [-0.2, -0.15) is 27.4 Å². The van der Waals surface area contributed by atoms with Crippen molar-refractivity contribution in [2.75, 3.05) is 11.1 Å². The first-order valence-corrected chi connectivity index (χ1v) is 13.7. The number of nitrogens with two attached hydrogens (primary N) is 1. The van der Waals surface area contributed by atoms with Crippen molar-refractivity contribution >= 4 is 85.1 Å². The number of nitrogens with one attached hydrogen (secondary N) is 1. The Balaban J connectivity index is 0.00000337. The van der Waals surface area contributed by atoms with Crippen LogP contribution in [0.4, 0.5) is 37.3 Å². The summed E-state index contributed by atoms with van der Waals surface area (Å²) in [4.78, 5) is 5.41. The Morgan fingerprint density at radius 2 is 1.67 bits per heavy atom. The van der Waals surface area contributed by atoms with Crippen LogP contribution in [0, 0.1) is 12.0 Å². The number of rotatable bonds is 11. The first kappa shape index (κ1) is 41.3. The van der Waals surface area contributed by atoms with Crippen LogP contribution in [0.5, 0.6) is 5.75 Å². The number of hydrogen-bond acceptors (Lipinski definition) is 18. The number of fused-ring (bicyclic) bond motifs is 1. The summed E-state index contributed by atoms with van der Waals surface area (Å²) in [5.41, 5.74) is 4.70. The van der Waals surface area contributed by atoms with E-state index in [-0.39, 0.29) is 88.5 Å². The summed E-state index contributed by atoms with van der Waals surface area (Å²) in [6.07, 6.45) is -1.42. The van der Waals surface area contributed by atoms with Crippen molar-refractivity contribution in [1.29, 1.82) is 0 Å². The molecule has 3 aromatic carbocycles.